The van der Waals surface area contributed by atoms with Crippen LogP contribution in [0.15, 0.2) is 36.4 Å². The first kappa shape index (κ1) is 14.7. The minimum atomic E-state index is 0.347. The normalized spacial score (nSPS) is 10.4. The van der Waals surface area contributed by atoms with E-state index in [0.717, 1.165) is 11.1 Å². The van der Waals surface area contributed by atoms with E-state index in [4.69, 9.17) is 26.8 Å². The molecule has 0 heterocycles. The Hall–Kier alpha value is -1.71. The van der Waals surface area contributed by atoms with E-state index in [-0.39, 0.29) is 0 Å². The molecule has 0 saturated carbocycles. The Bertz CT molecular complexity index is 557. The fraction of sp³-hybridized carbons (Fsp3) is 0.250. The van der Waals surface area contributed by atoms with Gasteiger partial charge in [0.1, 0.15) is 6.61 Å². The predicted octanol–water partition coefficient (Wildman–Crippen LogP) is 3.69. The molecule has 0 saturated heterocycles. The van der Waals surface area contributed by atoms with Gasteiger partial charge < -0.3 is 15.2 Å². The van der Waals surface area contributed by atoms with Crippen molar-refractivity contribution in [1.29, 1.82) is 0 Å². The van der Waals surface area contributed by atoms with Crippen LogP contribution in [0.4, 0.5) is 0 Å². The monoisotopic (exact) mass is 291 g/mol. The molecule has 0 bridgehead atoms. The van der Waals surface area contributed by atoms with E-state index in [1.807, 2.05) is 12.1 Å². The molecule has 0 aromatic heterocycles. The van der Waals surface area contributed by atoms with Gasteiger partial charge in [-0.25, -0.2) is 0 Å². The van der Waals surface area contributed by atoms with E-state index < -0.39 is 0 Å². The Labute approximate surface area is 124 Å². The van der Waals surface area contributed by atoms with Crippen molar-refractivity contribution in [2.75, 3.05) is 7.11 Å². The van der Waals surface area contributed by atoms with Crippen molar-refractivity contribution in [3.63, 3.8) is 0 Å². The molecule has 4 heteroatoms. The second kappa shape index (κ2) is 6.64. The number of benzene rings is 2. The minimum absolute atomic E-state index is 0.347. The number of methoxy groups -OCH3 is 1. The Balaban J connectivity index is 2.21. The van der Waals surface area contributed by atoms with Crippen molar-refractivity contribution in [2.45, 2.75) is 20.1 Å². The highest BCUT2D eigenvalue weighted by Crippen LogP contribution is 2.35. The number of halogens is 1. The summed E-state index contributed by atoms with van der Waals surface area (Å²) >= 11 is 6.02. The van der Waals surface area contributed by atoms with Gasteiger partial charge in [-0.2, -0.15) is 0 Å². The zero-order chi connectivity index (χ0) is 14.5. The molecule has 106 valence electrons. The number of rotatable bonds is 5. The molecule has 0 fully saturated rings. The van der Waals surface area contributed by atoms with Gasteiger partial charge in [0.05, 0.1) is 7.11 Å². The third-order valence-electron chi connectivity index (χ3n) is 3.04. The summed E-state index contributed by atoms with van der Waals surface area (Å²) < 4.78 is 11.2. The number of hydrogen-bond donors (Lipinski definition) is 1. The molecule has 0 radical (unpaired) electrons. The number of hydrogen-bond acceptors (Lipinski definition) is 3. The number of aryl methyl sites for hydroxylation is 1. The molecule has 2 N–H and O–H groups in total. The molecule has 2 aromatic rings. The van der Waals surface area contributed by atoms with Crippen LogP contribution in [0.5, 0.6) is 11.5 Å². The van der Waals surface area contributed by atoms with E-state index in [2.05, 4.69) is 19.1 Å². The maximum Gasteiger partial charge on any atom is 0.166 e. The Kier molecular flexibility index (Phi) is 4.88. The molecular formula is C16H18ClNO2. The van der Waals surface area contributed by atoms with Gasteiger partial charge in [0, 0.05) is 23.2 Å². The lowest BCUT2D eigenvalue weighted by molar-refractivity contribution is 0.281. The van der Waals surface area contributed by atoms with Crippen molar-refractivity contribution in [2.24, 2.45) is 5.73 Å². The lowest BCUT2D eigenvalue weighted by Gasteiger charge is -2.15. The quantitative estimate of drug-likeness (QED) is 0.913. The summed E-state index contributed by atoms with van der Waals surface area (Å²) in [5.41, 5.74) is 8.89. The van der Waals surface area contributed by atoms with E-state index in [1.165, 1.54) is 5.56 Å². The molecule has 3 nitrogen and oxygen atoms in total. The number of ether oxygens (including phenoxy) is 2. The van der Waals surface area contributed by atoms with Crippen LogP contribution in [-0.2, 0) is 13.2 Å². The first-order valence-electron chi connectivity index (χ1n) is 6.39. The molecule has 2 rings (SSSR count). The first-order valence-corrected chi connectivity index (χ1v) is 6.76. The molecule has 0 aliphatic carbocycles. The predicted molar refractivity (Wildman–Crippen MR) is 81.4 cm³/mol. The topological polar surface area (TPSA) is 44.5 Å². The smallest absolute Gasteiger partial charge is 0.166 e. The zero-order valence-electron chi connectivity index (χ0n) is 11.7. The maximum atomic E-state index is 6.02. The lowest BCUT2D eigenvalue weighted by atomic mass is 10.1. The summed E-state index contributed by atoms with van der Waals surface area (Å²) in [4.78, 5) is 0. The second-order valence-electron chi connectivity index (χ2n) is 4.57. The Morgan fingerprint density at radius 2 is 1.85 bits per heavy atom. The molecule has 20 heavy (non-hydrogen) atoms. The highest BCUT2D eigenvalue weighted by molar-refractivity contribution is 6.30. The Morgan fingerprint density at radius 3 is 2.45 bits per heavy atom. The number of nitrogens with two attached hydrogens (primary N) is 1. The second-order valence-corrected chi connectivity index (χ2v) is 5.01. The van der Waals surface area contributed by atoms with Gasteiger partial charge in [-0.1, -0.05) is 41.4 Å². The molecule has 0 atom stereocenters. The van der Waals surface area contributed by atoms with Crippen LogP contribution < -0.4 is 15.2 Å². The van der Waals surface area contributed by atoms with Gasteiger partial charge >= 0.3 is 0 Å². The van der Waals surface area contributed by atoms with E-state index >= 15 is 0 Å². The lowest BCUT2D eigenvalue weighted by Crippen LogP contribution is -2.04. The molecule has 0 spiro atoms. The summed E-state index contributed by atoms with van der Waals surface area (Å²) in [6.45, 7) is 2.87. The summed E-state index contributed by atoms with van der Waals surface area (Å²) in [7, 11) is 1.59. The standard InChI is InChI=1S/C16H18ClNO2/c1-11-3-5-12(6-4-11)10-20-16-13(9-18)7-14(17)8-15(16)19-2/h3-8H,9-10,18H2,1-2H3. The van der Waals surface area contributed by atoms with Crippen LogP contribution in [0.2, 0.25) is 5.02 Å². The highest BCUT2D eigenvalue weighted by Gasteiger charge is 2.12. The molecule has 2 aromatic carbocycles. The first-order chi connectivity index (χ1) is 9.63. The van der Waals surface area contributed by atoms with Crippen LogP contribution in [0.1, 0.15) is 16.7 Å². The van der Waals surface area contributed by atoms with Gasteiger partial charge in [-0.3, -0.25) is 0 Å². The van der Waals surface area contributed by atoms with E-state index in [1.54, 1.807) is 19.2 Å². The molecule has 0 amide bonds. The van der Waals surface area contributed by atoms with E-state index in [9.17, 15) is 0 Å². The van der Waals surface area contributed by atoms with Crippen LogP contribution in [0, 0.1) is 6.92 Å². The SMILES string of the molecule is COc1cc(Cl)cc(CN)c1OCc1ccc(C)cc1. The largest absolute Gasteiger partial charge is 0.493 e. The van der Waals surface area contributed by atoms with Crippen molar-refractivity contribution in [3.8, 4) is 11.5 Å². The van der Waals surface area contributed by atoms with Crippen LogP contribution in [0.3, 0.4) is 0 Å². The summed E-state index contributed by atoms with van der Waals surface area (Å²) in [6.07, 6.45) is 0. The summed E-state index contributed by atoms with van der Waals surface area (Å²) in [6, 6.07) is 11.7. The average Bonchev–Trinajstić information content (AvgIpc) is 2.46. The van der Waals surface area contributed by atoms with Gasteiger partial charge in [-0.15, -0.1) is 0 Å². The van der Waals surface area contributed by atoms with Crippen LogP contribution >= 0.6 is 11.6 Å². The zero-order valence-corrected chi connectivity index (χ0v) is 12.4. The fourth-order valence-electron chi connectivity index (χ4n) is 1.93. The molecular weight excluding hydrogens is 274 g/mol. The molecule has 0 unspecified atom stereocenters. The van der Waals surface area contributed by atoms with Crippen LogP contribution in [-0.4, -0.2) is 7.11 Å². The van der Waals surface area contributed by atoms with Gasteiger partial charge in [0.25, 0.3) is 0 Å². The minimum Gasteiger partial charge on any atom is -0.493 e. The van der Waals surface area contributed by atoms with E-state index in [0.29, 0.717) is 29.7 Å². The summed E-state index contributed by atoms with van der Waals surface area (Å²) in [5.74, 6) is 1.25. The van der Waals surface area contributed by atoms with Crippen molar-refractivity contribution >= 4 is 11.6 Å². The maximum absolute atomic E-state index is 6.02. The Morgan fingerprint density at radius 1 is 1.15 bits per heavy atom. The van der Waals surface area contributed by atoms with Gasteiger partial charge in [-0.05, 0) is 18.6 Å². The van der Waals surface area contributed by atoms with Gasteiger partial charge in [0.2, 0.25) is 0 Å². The fourth-order valence-corrected chi connectivity index (χ4v) is 2.16. The van der Waals surface area contributed by atoms with Crippen molar-refractivity contribution < 1.29 is 9.47 Å². The molecule has 0 aliphatic rings. The summed E-state index contributed by atoms with van der Waals surface area (Å²) in [5, 5.41) is 0.588. The third-order valence-corrected chi connectivity index (χ3v) is 3.26. The average molecular weight is 292 g/mol. The van der Waals surface area contributed by atoms with Crippen molar-refractivity contribution in [3.05, 3.63) is 58.1 Å². The van der Waals surface area contributed by atoms with Gasteiger partial charge in [0.15, 0.2) is 11.5 Å². The molecule has 0 aliphatic heterocycles. The highest BCUT2D eigenvalue weighted by atomic mass is 35.5. The van der Waals surface area contributed by atoms with Crippen LogP contribution in [0.25, 0.3) is 0 Å². The van der Waals surface area contributed by atoms with Crippen molar-refractivity contribution in [1.82, 2.24) is 0 Å². The third kappa shape index (κ3) is 3.44.